The van der Waals surface area contributed by atoms with Crippen molar-refractivity contribution in [2.75, 3.05) is 49.1 Å². The molecule has 0 unspecified atom stereocenters. The van der Waals surface area contributed by atoms with Crippen molar-refractivity contribution in [3.63, 3.8) is 0 Å². The highest BCUT2D eigenvalue weighted by atomic mass is 19.1. The summed E-state index contributed by atoms with van der Waals surface area (Å²) in [5, 5.41) is 17.3. The molecule has 9 nitrogen and oxygen atoms in total. The number of rotatable bonds is 5. The van der Waals surface area contributed by atoms with Gasteiger partial charge in [-0.15, -0.1) is 0 Å². The number of aromatic nitrogens is 3. The summed E-state index contributed by atoms with van der Waals surface area (Å²) in [7, 11) is 0. The van der Waals surface area contributed by atoms with E-state index < -0.39 is 5.82 Å². The lowest BCUT2D eigenvalue weighted by Crippen LogP contribution is -2.49. The van der Waals surface area contributed by atoms with Crippen molar-refractivity contribution >= 4 is 28.2 Å². The fourth-order valence-corrected chi connectivity index (χ4v) is 5.68. The molecule has 2 aromatic carbocycles. The zero-order valence-electron chi connectivity index (χ0n) is 22.6. The molecule has 1 amide bonds. The molecule has 2 aliphatic heterocycles. The summed E-state index contributed by atoms with van der Waals surface area (Å²) < 4.78 is 14.9. The quantitative estimate of drug-likeness (QED) is 0.401. The van der Waals surface area contributed by atoms with Gasteiger partial charge in [-0.1, -0.05) is 6.07 Å². The van der Waals surface area contributed by atoms with E-state index >= 15 is 0 Å². The molecule has 0 atom stereocenters. The maximum atomic E-state index is 14.9. The summed E-state index contributed by atoms with van der Waals surface area (Å²) in [6.45, 7) is 3.93. The second-order valence-electron chi connectivity index (χ2n) is 10.6. The first-order valence-corrected chi connectivity index (χ1v) is 14.0. The van der Waals surface area contributed by atoms with Crippen molar-refractivity contribution in [2.45, 2.75) is 25.7 Å². The van der Waals surface area contributed by atoms with Crippen molar-refractivity contribution in [3.8, 4) is 6.07 Å². The number of pyridine rings is 1. The maximum Gasteiger partial charge on any atom is 0.272 e. The van der Waals surface area contributed by atoms with Crippen LogP contribution in [0.2, 0.25) is 0 Å². The third kappa shape index (κ3) is 5.48. The van der Waals surface area contributed by atoms with E-state index in [0.29, 0.717) is 49.2 Å². The Bertz CT molecular complexity index is 1680. The fourth-order valence-electron chi connectivity index (χ4n) is 5.68. The predicted octanol–water partition coefficient (Wildman–Crippen LogP) is 3.87. The van der Waals surface area contributed by atoms with Gasteiger partial charge in [0.25, 0.3) is 11.5 Å². The van der Waals surface area contributed by atoms with Crippen molar-refractivity contribution in [3.05, 3.63) is 93.3 Å². The molecule has 2 fully saturated rings. The number of H-pyrrole nitrogens is 1. The molecule has 0 saturated carbocycles. The van der Waals surface area contributed by atoms with E-state index in [1.165, 1.54) is 18.7 Å². The van der Waals surface area contributed by atoms with Gasteiger partial charge in [0.05, 0.1) is 22.2 Å². The first kappa shape index (κ1) is 26.4. The highest BCUT2D eigenvalue weighted by Gasteiger charge is 2.25. The number of hydrogen-bond acceptors (Lipinski definition) is 7. The fraction of sp³-hybridized carbons (Fsp3) is 0.323. The minimum Gasteiger partial charge on any atom is -0.372 e. The Kier molecular flexibility index (Phi) is 7.33. The number of aromatic amines is 1. The lowest BCUT2D eigenvalue weighted by molar-refractivity contribution is 0.0741. The summed E-state index contributed by atoms with van der Waals surface area (Å²) in [6.07, 6.45) is 5.39. The van der Waals surface area contributed by atoms with Crippen LogP contribution in [0.25, 0.3) is 10.8 Å². The molecule has 0 radical (unpaired) electrons. The SMILES string of the molecule is N#Cc1ccc(N2CCN(C(=O)c3cc(Cc4n[nH]c(=O)c5ccc(N6CCCCC6)cc45)ccc3F)CC2)nc1. The lowest BCUT2D eigenvalue weighted by Gasteiger charge is -2.35. The molecule has 2 aromatic heterocycles. The van der Waals surface area contributed by atoms with Gasteiger partial charge in [0.2, 0.25) is 0 Å². The third-order valence-electron chi connectivity index (χ3n) is 7.97. The third-order valence-corrected chi connectivity index (χ3v) is 7.97. The Balaban J connectivity index is 1.20. The number of carbonyl (C=O) groups excluding carboxylic acids is 1. The number of nitrogens with one attached hydrogen (secondary N) is 1. The van der Waals surface area contributed by atoms with Gasteiger partial charge in [-0.2, -0.15) is 10.4 Å². The van der Waals surface area contributed by atoms with E-state index in [-0.39, 0.29) is 17.0 Å². The van der Waals surface area contributed by atoms with Gasteiger partial charge in [0.15, 0.2) is 0 Å². The van der Waals surface area contributed by atoms with Crippen molar-refractivity contribution in [1.29, 1.82) is 5.26 Å². The number of anilines is 2. The van der Waals surface area contributed by atoms with Gasteiger partial charge in [-0.3, -0.25) is 9.59 Å². The highest BCUT2D eigenvalue weighted by molar-refractivity contribution is 5.95. The first-order valence-electron chi connectivity index (χ1n) is 14.0. The Hall–Kier alpha value is -4.78. The van der Waals surface area contributed by atoms with Crippen LogP contribution in [0.5, 0.6) is 0 Å². The van der Waals surface area contributed by atoms with Crippen molar-refractivity contribution in [1.82, 2.24) is 20.1 Å². The number of carbonyl (C=O) groups is 1. The Morgan fingerprint density at radius 1 is 0.927 bits per heavy atom. The number of nitriles is 1. The highest BCUT2D eigenvalue weighted by Crippen LogP contribution is 2.26. The molecular formula is C31H30FN7O2. The summed E-state index contributed by atoms with van der Waals surface area (Å²) >= 11 is 0. The van der Waals surface area contributed by atoms with E-state index in [1.54, 1.807) is 29.2 Å². The zero-order valence-corrected chi connectivity index (χ0v) is 22.6. The topological polar surface area (TPSA) is 109 Å². The average molecular weight is 552 g/mol. The molecule has 0 bridgehead atoms. The van der Waals surface area contributed by atoms with Crippen LogP contribution >= 0.6 is 0 Å². The van der Waals surface area contributed by atoms with Gasteiger partial charge in [-0.25, -0.2) is 14.5 Å². The Morgan fingerprint density at radius 3 is 2.46 bits per heavy atom. The van der Waals surface area contributed by atoms with Crippen LogP contribution in [0, 0.1) is 17.1 Å². The molecule has 6 rings (SSSR count). The molecule has 0 aliphatic carbocycles. The standard InChI is InChI=1S/C31H30FN7O2/c32-27-8-4-21(16-26(27)31(41)39-14-12-38(13-15-39)29-9-5-22(19-33)20-34-29)17-28-25-18-23(37-10-2-1-3-11-37)6-7-24(25)30(40)36-35-28/h4-9,16,18,20H,1-3,10-15,17H2,(H,36,40). The first-order chi connectivity index (χ1) is 20.0. The Labute approximate surface area is 236 Å². The molecule has 2 aliphatic rings. The second-order valence-corrected chi connectivity index (χ2v) is 10.6. The molecule has 0 spiro atoms. The normalized spacial score (nSPS) is 15.7. The number of amides is 1. The van der Waals surface area contributed by atoms with E-state index in [9.17, 15) is 14.0 Å². The predicted molar refractivity (Wildman–Crippen MR) is 155 cm³/mol. The van der Waals surface area contributed by atoms with Crippen LogP contribution in [0.15, 0.2) is 59.5 Å². The van der Waals surface area contributed by atoms with Crippen LogP contribution in [0.4, 0.5) is 15.9 Å². The molecule has 1 N–H and O–H groups in total. The van der Waals surface area contributed by atoms with E-state index in [2.05, 4.69) is 26.2 Å². The number of piperidine rings is 1. The van der Waals surface area contributed by atoms with Gasteiger partial charge in [-0.05, 0) is 67.3 Å². The zero-order chi connectivity index (χ0) is 28.3. The number of piperazine rings is 1. The molecule has 4 heterocycles. The maximum absolute atomic E-state index is 14.9. The van der Waals surface area contributed by atoms with Gasteiger partial charge in [0.1, 0.15) is 17.7 Å². The van der Waals surface area contributed by atoms with Crippen molar-refractivity contribution in [2.24, 2.45) is 0 Å². The summed E-state index contributed by atoms with van der Waals surface area (Å²) in [5.74, 6) is -0.182. The van der Waals surface area contributed by atoms with Gasteiger partial charge < -0.3 is 14.7 Å². The van der Waals surface area contributed by atoms with Crippen LogP contribution in [-0.4, -0.2) is 65.3 Å². The number of benzene rings is 2. The van der Waals surface area contributed by atoms with E-state index in [0.717, 1.165) is 48.4 Å². The van der Waals surface area contributed by atoms with Gasteiger partial charge in [0, 0.05) is 63.0 Å². The van der Waals surface area contributed by atoms with Crippen LogP contribution in [-0.2, 0) is 6.42 Å². The molecule has 208 valence electrons. The van der Waals surface area contributed by atoms with Crippen LogP contribution in [0.3, 0.4) is 0 Å². The van der Waals surface area contributed by atoms with Crippen LogP contribution in [0.1, 0.15) is 46.4 Å². The van der Waals surface area contributed by atoms with Crippen LogP contribution < -0.4 is 15.4 Å². The number of halogens is 1. The lowest BCUT2D eigenvalue weighted by atomic mass is 10.0. The minimum atomic E-state index is -0.568. The molecule has 4 aromatic rings. The summed E-state index contributed by atoms with van der Waals surface area (Å²) in [6, 6.07) is 16.0. The minimum absolute atomic E-state index is 0.0233. The van der Waals surface area contributed by atoms with E-state index in [4.69, 9.17) is 5.26 Å². The summed E-state index contributed by atoms with van der Waals surface area (Å²) in [4.78, 5) is 36.3. The number of fused-ring (bicyclic) bond motifs is 1. The molecule has 41 heavy (non-hydrogen) atoms. The van der Waals surface area contributed by atoms with Gasteiger partial charge >= 0.3 is 0 Å². The molecule has 10 heteroatoms. The second kappa shape index (κ2) is 11.4. The Morgan fingerprint density at radius 2 is 1.73 bits per heavy atom. The molecule has 2 saturated heterocycles. The molecular weight excluding hydrogens is 521 g/mol. The number of nitrogens with zero attached hydrogens (tertiary/aromatic N) is 6. The summed E-state index contributed by atoms with van der Waals surface area (Å²) in [5.41, 5.74) is 2.74. The van der Waals surface area contributed by atoms with E-state index in [1.807, 2.05) is 23.1 Å². The smallest absolute Gasteiger partial charge is 0.272 e. The monoisotopic (exact) mass is 551 g/mol. The average Bonchev–Trinajstić information content (AvgIpc) is 3.03. The number of hydrogen-bond donors (Lipinski definition) is 1. The largest absolute Gasteiger partial charge is 0.372 e. The van der Waals surface area contributed by atoms with Crippen molar-refractivity contribution < 1.29 is 9.18 Å².